The average Bonchev–Trinajstić information content (AvgIpc) is 3.35. The first kappa shape index (κ1) is 15.8. The molecule has 2 aromatic carbocycles. The van der Waals surface area contributed by atoms with Gasteiger partial charge >= 0.3 is 149 Å². The molecule has 4 rings (SSSR count). The maximum atomic E-state index is 2.37. The average molecular weight is 374 g/mol. The molecule has 0 bridgehead atoms. The third-order valence-corrected chi connectivity index (χ3v) is 12.3. The van der Waals surface area contributed by atoms with Crippen LogP contribution in [0.25, 0.3) is 0 Å². The summed E-state index contributed by atoms with van der Waals surface area (Å²) in [5.41, 5.74) is 0. The molecule has 0 unspecified atom stereocenters. The van der Waals surface area contributed by atoms with Crippen molar-refractivity contribution in [1.29, 1.82) is 0 Å². The second kappa shape index (κ2) is 7.48. The number of hydrogen-bond donors (Lipinski definition) is 0. The van der Waals surface area contributed by atoms with Gasteiger partial charge in [-0.05, 0) is 0 Å². The van der Waals surface area contributed by atoms with Crippen molar-refractivity contribution in [2.45, 2.75) is 12.8 Å². The molecule has 0 N–H and O–H groups in total. The van der Waals surface area contributed by atoms with Gasteiger partial charge in [-0.3, -0.25) is 0 Å². The fraction of sp³-hybridized carbons (Fsp3) is 0.0909. The van der Waals surface area contributed by atoms with E-state index in [9.17, 15) is 0 Å². The molecule has 2 aliphatic rings. The summed E-state index contributed by atoms with van der Waals surface area (Å²) in [4.78, 5) is 0. The summed E-state index contributed by atoms with van der Waals surface area (Å²) < 4.78 is 3.24. The van der Waals surface area contributed by atoms with Crippen LogP contribution in [-0.4, -0.2) is 0 Å². The van der Waals surface area contributed by atoms with Gasteiger partial charge in [-0.15, -0.1) is 0 Å². The Morgan fingerprint density at radius 3 is 1.46 bits per heavy atom. The first-order chi connectivity index (χ1) is 11.9. The SMILES string of the molecule is C1=CC[C]([Co]([C]2=CC=CC2)[P](c2ccccc2)c2ccccc2)=C1. The van der Waals surface area contributed by atoms with E-state index in [1.54, 1.807) is 9.02 Å². The molecule has 0 nitrogen and oxygen atoms in total. The third kappa shape index (κ3) is 3.25. The maximum absolute atomic E-state index is 2.37. The van der Waals surface area contributed by atoms with Crippen LogP contribution < -0.4 is 10.6 Å². The summed E-state index contributed by atoms with van der Waals surface area (Å²) in [7, 11) is 0. The first-order valence-corrected chi connectivity index (χ1v) is 11.8. The minimum atomic E-state index is -0.390. The Labute approximate surface area is 149 Å². The van der Waals surface area contributed by atoms with E-state index in [2.05, 4.69) is 97.1 Å². The monoisotopic (exact) mass is 374 g/mol. The van der Waals surface area contributed by atoms with Crippen LogP contribution in [0, 0.1) is 0 Å². The van der Waals surface area contributed by atoms with Crippen LogP contribution in [0.2, 0.25) is 0 Å². The van der Waals surface area contributed by atoms with E-state index in [1.807, 2.05) is 0 Å². The molecule has 24 heavy (non-hydrogen) atoms. The molecule has 0 saturated heterocycles. The first-order valence-electron chi connectivity index (χ1n) is 8.19. The topological polar surface area (TPSA) is 0 Å². The summed E-state index contributed by atoms with van der Waals surface area (Å²) in [5.74, 6) is 0. The van der Waals surface area contributed by atoms with Gasteiger partial charge in [0.2, 0.25) is 0 Å². The molecular weight excluding hydrogens is 354 g/mol. The Kier molecular flexibility index (Phi) is 4.94. The van der Waals surface area contributed by atoms with E-state index in [0.717, 1.165) is 12.8 Å². The molecule has 2 heteroatoms. The van der Waals surface area contributed by atoms with Crippen molar-refractivity contribution >= 4 is 17.3 Å². The van der Waals surface area contributed by atoms with E-state index in [4.69, 9.17) is 0 Å². The summed E-state index contributed by atoms with van der Waals surface area (Å²) in [6.07, 6.45) is 16.0. The molecule has 0 aromatic heterocycles. The molecule has 2 aromatic rings. The molecule has 2 aliphatic carbocycles. The van der Waals surface area contributed by atoms with Gasteiger partial charge in [-0.2, -0.15) is 0 Å². The fourth-order valence-electron chi connectivity index (χ4n) is 2.81. The van der Waals surface area contributed by atoms with Crippen molar-refractivity contribution < 1.29 is 13.2 Å². The predicted octanol–water partition coefficient (Wildman–Crippen LogP) is 5.34. The van der Waals surface area contributed by atoms with Crippen molar-refractivity contribution in [2.75, 3.05) is 0 Å². The van der Waals surface area contributed by atoms with Crippen molar-refractivity contribution in [3.05, 3.63) is 106 Å². The van der Waals surface area contributed by atoms with Crippen LogP contribution in [0.3, 0.4) is 0 Å². The Balaban J connectivity index is 1.83. The predicted molar refractivity (Wildman–Crippen MR) is 103 cm³/mol. The number of rotatable bonds is 5. The van der Waals surface area contributed by atoms with Gasteiger partial charge in [-0.1, -0.05) is 0 Å². The number of hydrogen-bond acceptors (Lipinski definition) is 0. The van der Waals surface area contributed by atoms with Gasteiger partial charge in [0, 0.05) is 0 Å². The zero-order valence-electron chi connectivity index (χ0n) is 13.4. The molecule has 0 aliphatic heterocycles. The van der Waals surface area contributed by atoms with Gasteiger partial charge in [0.15, 0.2) is 0 Å². The van der Waals surface area contributed by atoms with Gasteiger partial charge in [-0.25, -0.2) is 0 Å². The van der Waals surface area contributed by atoms with Crippen molar-refractivity contribution in [2.24, 2.45) is 0 Å². The van der Waals surface area contributed by atoms with Crippen LogP contribution in [-0.2, 0) is 13.2 Å². The normalized spacial score (nSPS) is 16.5. The Morgan fingerprint density at radius 1 is 0.625 bits per heavy atom. The van der Waals surface area contributed by atoms with E-state index in [0.29, 0.717) is 0 Å². The summed E-state index contributed by atoms with van der Waals surface area (Å²) in [6, 6.07) is 22.3. The third-order valence-electron chi connectivity index (χ3n) is 3.92. The summed E-state index contributed by atoms with van der Waals surface area (Å²) in [6.45, 7) is -0.390. The van der Waals surface area contributed by atoms with Crippen molar-refractivity contribution in [3.8, 4) is 0 Å². The molecule has 0 amide bonds. The fourth-order valence-corrected chi connectivity index (χ4v) is 11.5. The van der Waals surface area contributed by atoms with Crippen LogP contribution in [0.4, 0.5) is 0 Å². The van der Waals surface area contributed by atoms with Crippen molar-refractivity contribution in [1.82, 2.24) is 0 Å². The van der Waals surface area contributed by atoms with Crippen LogP contribution in [0.5, 0.6) is 0 Å². The van der Waals surface area contributed by atoms with Gasteiger partial charge in [0.25, 0.3) is 0 Å². The van der Waals surface area contributed by atoms with Gasteiger partial charge in [0.05, 0.1) is 0 Å². The van der Waals surface area contributed by atoms with Crippen molar-refractivity contribution in [3.63, 3.8) is 0 Å². The Hall–Kier alpha value is -1.66. The van der Waals surface area contributed by atoms with E-state index in [-0.39, 0.29) is 13.2 Å². The van der Waals surface area contributed by atoms with E-state index in [1.165, 1.54) is 10.6 Å². The zero-order valence-corrected chi connectivity index (χ0v) is 15.4. The molecule has 122 valence electrons. The van der Waals surface area contributed by atoms with E-state index >= 15 is 0 Å². The molecule has 0 heterocycles. The Morgan fingerprint density at radius 2 is 1.08 bits per heavy atom. The molecule has 0 spiro atoms. The van der Waals surface area contributed by atoms with Crippen LogP contribution >= 0.6 is 6.65 Å². The molecular formula is C22H20CoP. The molecule has 0 saturated carbocycles. The second-order valence-corrected chi connectivity index (χ2v) is 11.8. The Bertz CT molecular complexity index is 746. The van der Waals surface area contributed by atoms with Crippen LogP contribution in [0.15, 0.2) is 106 Å². The van der Waals surface area contributed by atoms with Gasteiger partial charge in [0.1, 0.15) is 0 Å². The molecule has 0 radical (unpaired) electrons. The summed E-state index contributed by atoms with van der Waals surface area (Å²) in [5, 5.41) is 2.98. The summed E-state index contributed by atoms with van der Waals surface area (Å²) >= 11 is -0.288. The van der Waals surface area contributed by atoms with E-state index < -0.39 is 6.65 Å². The number of benzene rings is 2. The van der Waals surface area contributed by atoms with Gasteiger partial charge < -0.3 is 0 Å². The standard InChI is InChI=1S/C12H10P.2C5H5.Co/c1-3-7-11(8-4-1)13-12-9-5-2-6-10-12;2*1-2-4-5-3-1;/h1-10H;2*1-3H,4H2;/q-1;;;+1. The molecule has 0 atom stereocenters. The minimum absolute atomic E-state index is 0.288. The zero-order chi connectivity index (χ0) is 16.2. The second-order valence-electron chi connectivity index (χ2n) is 5.60. The number of allylic oxidation sites excluding steroid dienone is 8. The quantitative estimate of drug-likeness (QED) is 0.620. The molecule has 0 fully saturated rings. The van der Waals surface area contributed by atoms with Crippen LogP contribution in [0.1, 0.15) is 12.8 Å².